The molecule has 0 rings (SSSR count). The third kappa shape index (κ3) is 76.1. The van der Waals surface area contributed by atoms with Gasteiger partial charge < -0.3 is 25.2 Å². The lowest BCUT2D eigenvalue weighted by molar-refractivity contribution is 0.163. The van der Waals surface area contributed by atoms with E-state index in [1.807, 2.05) is 0 Å². The third-order valence-corrected chi connectivity index (χ3v) is 0.287. The van der Waals surface area contributed by atoms with Crippen molar-refractivity contribution in [1.82, 2.24) is 0 Å². The van der Waals surface area contributed by atoms with E-state index in [-0.39, 0.29) is 0 Å². The Labute approximate surface area is 68.9 Å². The summed E-state index contributed by atoms with van der Waals surface area (Å²) in [5.74, 6) is 0. The third-order valence-electron chi connectivity index (χ3n) is 0.287. The SMILES string of the molecule is CCOC(N)=O.OP(O)(O)=S. The predicted octanol–water partition coefficient (Wildman–Crippen LogP) is -0.711. The van der Waals surface area contributed by atoms with Gasteiger partial charge in [-0.3, -0.25) is 0 Å². The zero-order valence-corrected chi connectivity index (χ0v) is 7.51. The van der Waals surface area contributed by atoms with E-state index in [2.05, 4.69) is 22.3 Å². The van der Waals surface area contributed by atoms with E-state index >= 15 is 0 Å². The van der Waals surface area contributed by atoms with Gasteiger partial charge in [-0.1, -0.05) is 0 Å². The van der Waals surface area contributed by atoms with Gasteiger partial charge in [-0.15, -0.1) is 0 Å². The van der Waals surface area contributed by atoms with Crippen LogP contribution in [0.15, 0.2) is 0 Å². The molecule has 0 unspecified atom stereocenters. The Morgan fingerprint density at radius 3 is 1.91 bits per heavy atom. The van der Waals surface area contributed by atoms with Crippen molar-refractivity contribution in [3.63, 3.8) is 0 Å². The van der Waals surface area contributed by atoms with E-state index in [4.69, 9.17) is 14.7 Å². The molecular formula is C3H10NO5PS. The number of carbonyl (C=O) groups is 1. The second kappa shape index (κ2) is 6.51. The molecule has 11 heavy (non-hydrogen) atoms. The zero-order chi connectivity index (χ0) is 9.49. The molecule has 68 valence electrons. The highest BCUT2D eigenvalue weighted by Gasteiger charge is 1.92. The number of hydrogen-bond donors (Lipinski definition) is 4. The van der Waals surface area contributed by atoms with Crippen molar-refractivity contribution < 1.29 is 24.2 Å². The highest BCUT2D eigenvalue weighted by molar-refractivity contribution is 8.06. The van der Waals surface area contributed by atoms with E-state index in [1.54, 1.807) is 6.92 Å². The van der Waals surface area contributed by atoms with Gasteiger partial charge >= 0.3 is 12.8 Å². The number of primary amides is 1. The van der Waals surface area contributed by atoms with Crippen molar-refractivity contribution >= 4 is 24.6 Å². The monoisotopic (exact) mass is 203 g/mol. The lowest BCUT2D eigenvalue weighted by Gasteiger charge is -1.89. The van der Waals surface area contributed by atoms with Crippen molar-refractivity contribution in [3.05, 3.63) is 0 Å². The molecule has 0 aromatic rings. The van der Waals surface area contributed by atoms with Crippen LogP contribution in [-0.4, -0.2) is 27.4 Å². The highest BCUT2D eigenvalue weighted by Crippen LogP contribution is 2.26. The fourth-order valence-electron chi connectivity index (χ4n) is 0.142. The molecule has 0 fully saturated rings. The fraction of sp³-hybridized carbons (Fsp3) is 0.667. The first-order valence-electron chi connectivity index (χ1n) is 2.48. The Kier molecular flexibility index (Phi) is 7.92. The molecule has 0 aliphatic carbocycles. The zero-order valence-electron chi connectivity index (χ0n) is 5.80. The van der Waals surface area contributed by atoms with Crippen LogP contribution < -0.4 is 5.73 Å². The molecule has 1 amide bonds. The number of hydrogen-bond acceptors (Lipinski definition) is 3. The Bertz CT molecular complexity index is 148. The largest absolute Gasteiger partial charge is 0.450 e. The van der Waals surface area contributed by atoms with Crippen molar-refractivity contribution in [3.8, 4) is 0 Å². The quantitative estimate of drug-likeness (QED) is 0.419. The van der Waals surface area contributed by atoms with Gasteiger partial charge in [0.05, 0.1) is 6.61 Å². The summed E-state index contributed by atoms with van der Waals surface area (Å²) in [6.45, 7) is -1.75. The van der Waals surface area contributed by atoms with Crippen LogP contribution in [0.25, 0.3) is 0 Å². The van der Waals surface area contributed by atoms with Crippen molar-refractivity contribution in [1.29, 1.82) is 0 Å². The van der Waals surface area contributed by atoms with Gasteiger partial charge in [-0.05, 0) is 18.7 Å². The van der Waals surface area contributed by atoms with Gasteiger partial charge in [0, 0.05) is 0 Å². The summed E-state index contributed by atoms with van der Waals surface area (Å²) < 4.78 is 4.18. The van der Waals surface area contributed by atoms with Gasteiger partial charge in [0.25, 0.3) is 0 Å². The summed E-state index contributed by atoms with van der Waals surface area (Å²) in [6, 6.07) is 0. The first-order chi connectivity index (χ1) is 4.77. The van der Waals surface area contributed by atoms with Gasteiger partial charge in [0.15, 0.2) is 0 Å². The maximum Gasteiger partial charge on any atom is 0.404 e. The molecule has 0 aliphatic rings. The van der Waals surface area contributed by atoms with Crippen LogP contribution in [0, 0.1) is 0 Å². The minimum absolute atomic E-state index is 0.356. The highest BCUT2D eigenvalue weighted by atomic mass is 32.5. The van der Waals surface area contributed by atoms with Gasteiger partial charge in [-0.25, -0.2) is 4.79 Å². The average Bonchev–Trinajstić information content (AvgIpc) is 1.58. The summed E-state index contributed by atoms with van der Waals surface area (Å²) in [4.78, 5) is 32.3. The number of amides is 1. The number of carbonyl (C=O) groups excluding carboxylic acids is 1. The normalized spacial score (nSPS) is 9.45. The van der Waals surface area contributed by atoms with Crippen molar-refractivity contribution in [2.45, 2.75) is 6.92 Å². The Balaban J connectivity index is 0. The number of ether oxygens (including phenoxy) is 1. The summed E-state index contributed by atoms with van der Waals surface area (Å²) >= 11 is 3.60. The molecule has 0 atom stereocenters. The minimum Gasteiger partial charge on any atom is -0.450 e. The lowest BCUT2D eigenvalue weighted by Crippen LogP contribution is -2.11. The molecule has 8 heteroatoms. The fourth-order valence-corrected chi connectivity index (χ4v) is 0.142. The molecular weight excluding hydrogens is 193 g/mol. The van der Waals surface area contributed by atoms with E-state index in [0.29, 0.717) is 6.61 Å². The minimum atomic E-state index is -3.81. The summed E-state index contributed by atoms with van der Waals surface area (Å²) in [7, 11) is 0. The second-order valence-electron chi connectivity index (χ2n) is 1.27. The molecule has 0 bridgehead atoms. The maximum atomic E-state index is 9.60. The second-order valence-corrected chi connectivity index (χ2v) is 3.76. The molecule has 0 saturated carbocycles. The van der Waals surface area contributed by atoms with Crippen LogP contribution in [-0.2, 0) is 16.5 Å². The standard InChI is InChI=1S/C3H7NO2.H3O3PS/c1-2-6-3(4)5;1-4(2,3)5/h2H2,1H3,(H2,4,5);(H3,1,2,3,5). The van der Waals surface area contributed by atoms with Crippen molar-refractivity contribution in [2.24, 2.45) is 5.73 Å². The van der Waals surface area contributed by atoms with E-state index in [1.165, 1.54) is 0 Å². The van der Waals surface area contributed by atoms with E-state index < -0.39 is 12.8 Å². The summed E-state index contributed by atoms with van der Waals surface area (Å²) in [6.07, 6.45) is -0.711. The van der Waals surface area contributed by atoms with Gasteiger partial charge in [-0.2, -0.15) is 0 Å². The molecule has 0 aromatic heterocycles. The molecule has 0 spiro atoms. The van der Waals surface area contributed by atoms with Crippen LogP contribution >= 0.6 is 6.72 Å². The Morgan fingerprint density at radius 2 is 1.91 bits per heavy atom. The lowest BCUT2D eigenvalue weighted by atomic mass is 10.9. The van der Waals surface area contributed by atoms with Crippen molar-refractivity contribution in [2.75, 3.05) is 6.61 Å². The first-order valence-corrected chi connectivity index (χ1v) is 5.14. The van der Waals surface area contributed by atoms with Crippen LogP contribution in [0.3, 0.4) is 0 Å². The van der Waals surface area contributed by atoms with E-state index in [0.717, 1.165) is 0 Å². The maximum absolute atomic E-state index is 9.60. The first kappa shape index (κ1) is 13.4. The predicted molar refractivity (Wildman–Crippen MR) is 42.2 cm³/mol. The average molecular weight is 203 g/mol. The Hall–Kier alpha value is -0.200. The number of rotatable bonds is 1. The van der Waals surface area contributed by atoms with E-state index in [9.17, 15) is 4.79 Å². The molecule has 0 aliphatic heterocycles. The topological polar surface area (TPSA) is 113 Å². The summed E-state index contributed by atoms with van der Waals surface area (Å²) in [5, 5.41) is 0. The molecule has 0 aromatic carbocycles. The number of nitrogens with two attached hydrogens (primary N) is 1. The van der Waals surface area contributed by atoms with Gasteiger partial charge in [0.2, 0.25) is 0 Å². The molecule has 0 saturated heterocycles. The van der Waals surface area contributed by atoms with Crippen LogP contribution in [0.2, 0.25) is 0 Å². The molecule has 5 N–H and O–H groups in total. The van der Waals surface area contributed by atoms with Crippen LogP contribution in [0.4, 0.5) is 4.79 Å². The summed E-state index contributed by atoms with van der Waals surface area (Å²) in [5.41, 5.74) is 4.54. The smallest absolute Gasteiger partial charge is 0.404 e. The van der Waals surface area contributed by atoms with Crippen LogP contribution in [0.1, 0.15) is 6.92 Å². The molecule has 0 heterocycles. The van der Waals surface area contributed by atoms with Gasteiger partial charge in [0.1, 0.15) is 0 Å². The Morgan fingerprint density at radius 1 is 1.64 bits per heavy atom. The van der Waals surface area contributed by atoms with Crippen LogP contribution in [0.5, 0.6) is 0 Å². The molecule has 6 nitrogen and oxygen atoms in total. The molecule has 0 radical (unpaired) electrons.